The van der Waals surface area contributed by atoms with E-state index < -0.39 is 0 Å². The van der Waals surface area contributed by atoms with E-state index in [9.17, 15) is 0 Å². The quantitative estimate of drug-likeness (QED) is 0.931. The Morgan fingerprint density at radius 2 is 2.00 bits per heavy atom. The van der Waals surface area contributed by atoms with Gasteiger partial charge < -0.3 is 5.32 Å². The van der Waals surface area contributed by atoms with Crippen LogP contribution in [0.3, 0.4) is 0 Å². The molecule has 0 spiro atoms. The first-order chi connectivity index (χ1) is 9.41. The Kier molecular flexibility index (Phi) is 4.23. The topological polar surface area (TPSA) is 50.7 Å². The summed E-state index contributed by atoms with van der Waals surface area (Å²) in [6.07, 6.45) is 1.70. The molecule has 20 heavy (non-hydrogen) atoms. The van der Waals surface area contributed by atoms with Crippen molar-refractivity contribution in [2.75, 3.05) is 11.9 Å². The van der Waals surface area contributed by atoms with E-state index in [1.807, 2.05) is 13.0 Å². The van der Waals surface area contributed by atoms with Gasteiger partial charge in [0.2, 0.25) is 0 Å². The van der Waals surface area contributed by atoms with E-state index in [2.05, 4.69) is 41.0 Å². The SMILES string of the molecule is CCNc1cc(C(C)(C)C)nc(-c2ncccc2Cl)n1. The van der Waals surface area contributed by atoms with Gasteiger partial charge in [0.05, 0.1) is 10.7 Å². The Hall–Kier alpha value is -1.68. The molecular formula is C15H19ClN4. The van der Waals surface area contributed by atoms with E-state index in [-0.39, 0.29) is 5.41 Å². The number of anilines is 1. The number of nitrogens with one attached hydrogen (secondary N) is 1. The minimum absolute atomic E-state index is 0.0664. The number of hydrogen-bond donors (Lipinski definition) is 1. The Morgan fingerprint density at radius 3 is 2.60 bits per heavy atom. The summed E-state index contributed by atoms with van der Waals surface area (Å²) in [7, 11) is 0. The summed E-state index contributed by atoms with van der Waals surface area (Å²) in [5.41, 5.74) is 1.50. The molecule has 0 aromatic carbocycles. The molecule has 0 aliphatic heterocycles. The molecule has 4 nitrogen and oxygen atoms in total. The van der Waals surface area contributed by atoms with Gasteiger partial charge in [-0.2, -0.15) is 0 Å². The lowest BCUT2D eigenvalue weighted by Crippen LogP contribution is -2.16. The van der Waals surface area contributed by atoms with Crippen LogP contribution in [-0.2, 0) is 5.41 Å². The van der Waals surface area contributed by atoms with Crippen LogP contribution in [0.1, 0.15) is 33.4 Å². The third kappa shape index (κ3) is 3.25. The molecule has 2 aromatic rings. The second-order valence-electron chi connectivity index (χ2n) is 5.58. The largest absolute Gasteiger partial charge is 0.370 e. The zero-order valence-corrected chi connectivity index (χ0v) is 13.0. The molecule has 2 rings (SSSR count). The minimum Gasteiger partial charge on any atom is -0.370 e. The molecule has 0 saturated carbocycles. The molecule has 0 saturated heterocycles. The molecule has 106 valence electrons. The van der Waals surface area contributed by atoms with Gasteiger partial charge in [0.25, 0.3) is 0 Å². The molecule has 5 heteroatoms. The maximum atomic E-state index is 6.19. The molecular weight excluding hydrogens is 272 g/mol. The van der Waals surface area contributed by atoms with Crippen LogP contribution in [0, 0.1) is 0 Å². The van der Waals surface area contributed by atoms with Crippen molar-refractivity contribution in [3.05, 3.63) is 35.1 Å². The number of hydrogen-bond acceptors (Lipinski definition) is 4. The maximum Gasteiger partial charge on any atom is 0.181 e. The summed E-state index contributed by atoms with van der Waals surface area (Å²) in [6.45, 7) is 9.20. The summed E-state index contributed by atoms with van der Waals surface area (Å²) < 4.78 is 0. The Bertz CT molecular complexity index is 605. The smallest absolute Gasteiger partial charge is 0.181 e. The molecule has 2 heterocycles. The highest BCUT2D eigenvalue weighted by atomic mass is 35.5. The zero-order chi connectivity index (χ0) is 14.8. The van der Waals surface area contributed by atoms with Gasteiger partial charge >= 0.3 is 0 Å². The molecule has 0 bridgehead atoms. The average molecular weight is 291 g/mol. The van der Waals surface area contributed by atoms with E-state index in [4.69, 9.17) is 11.6 Å². The van der Waals surface area contributed by atoms with E-state index in [0.717, 1.165) is 18.1 Å². The highest BCUT2D eigenvalue weighted by Crippen LogP contribution is 2.27. The number of pyridine rings is 1. The van der Waals surface area contributed by atoms with E-state index in [1.54, 1.807) is 18.3 Å². The third-order valence-corrected chi connectivity index (χ3v) is 3.13. The standard InChI is InChI=1S/C15H19ClN4/c1-5-17-12-9-11(15(2,3)4)19-14(20-12)13-10(16)7-6-8-18-13/h6-9H,5H2,1-4H3,(H,17,19,20). The first kappa shape index (κ1) is 14.7. The van der Waals surface area contributed by atoms with Gasteiger partial charge in [-0.3, -0.25) is 4.98 Å². The predicted molar refractivity (Wildman–Crippen MR) is 83.1 cm³/mol. The van der Waals surface area contributed by atoms with Gasteiger partial charge in [0.15, 0.2) is 5.82 Å². The predicted octanol–water partition coefficient (Wildman–Crippen LogP) is 3.92. The molecule has 1 N–H and O–H groups in total. The second-order valence-corrected chi connectivity index (χ2v) is 5.98. The van der Waals surface area contributed by atoms with Crippen molar-refractivity contribution in [3.8, 4) is 11.5 Å². The normalized spacial score (nSPS) is 11.4. The van der Waals surface area contributed by atoms with Crippen molar-refractivity contribution < 1.29 is 0 Å². The summed E-state index contributed by atoms with van der Waals surface area (Å²) in [6, 6.07) is 5.57. The fourth-order valence-electron chi connectivity index (χ4n) is 1.76. The van der Waals surface area contributed by atoms with Crippen molar-refractivity contribution in [1.82, 2.24) is 15.0 Å². The van der Waals surface area contributed by atoms with E-state index in [1.165, 1.54) is 0 Å². The van der Waals surface area contributed by atoms with Gasteiger partial charge in [-0.25, -0.2) is 9.97 Å². The second kappa shape index (κ2) is 5.75. The van der Waals surface area contributed by atoms with E-state index in [0.29, 0.717) is 16.5 Å². The summed E-state index contributed by atoms with van der Waals surface area (Å²) in [5, 5.41) is 3.78. The summed E-state index contributed by atoms with van der Waals surface area (Å²) >= 11 is 6.19. The maximum absolute atomic E-state index is 6.19. The van der Waals surface area contributed by atoms with Crippen molar-refractivity contribution >= 4 is 17.4 Å². The molecule has 0 fully saturated rings. The molecule has 0 aliphatic carbocycles. The van der Waals surface area contributed by atoms with E-state index >= 15 is 0 Å². The highest BCUT2D eigenvalue weighted by Gasteiger charge is 2.19. The number of rotatable bonds is 3. The van der Waals surface area contributed by atoms with Crippen molar-refractivity contribution in [1.29, 1.82) is 0 Å². The van der Waals surface area contributed by atoms with Gasteiger partial charge in [0, 0.05) is 24.2 Å². The highest BCUT2D eigenvalue weighted by molar-refractivity contribution is 6.32. The van der Waals surface area contributed by atoms with Gasteiger partial charge in [-0.05, 0) is 19.1 Å². The number of nitrogens with zero attached hydrogens (tertiary/aromatic N) is 3. The summed E-state index contributed by atoms with van der Waals surface area (Å²) in [5.74, 6) is 1.35. The summed E-state index contributed by atoms with van der Waals surface area (Å²) in [4.78, 5) is 13.4. The number of halogens is 1. The number of aromatic nitrogens is 3. The molecule has 0 aliphatic rings. The fourth-order valence-corrected chi connectivity index (χ4v) is 1.97. The monoisotopic (exact) mass is 290 g/mol. The Balaban J connectivity index is 2.58. The average Bonchev–Trinajstić information content (AvgIpc) is 2.38. The van der Waals surface area contributed by atoms with Crippen molar-refractivity contribution in [2.24, 2.45) is 0 Å². The lowest BCUT2D eigenvalue weighted by atomic mass is 9.92. The first-order valence-electron chi connectivity index (χ1n) is 6.66. The van der Waals surface area contributed by atoms with Crippen LogP contribution >= 0.6 is 11.6 Å². The Morgan fingerprint density at radius 1 is 1.25 bits per heavy atom. The zero-order valence-electron chi connectivity index (χ0n) is 12.2. The molecule has 0 unspecified atom stereocenters. The fraction of sp³-hybridized carbons (Fsp3) is 0.400. The van der Waals surface area contributed by atoms with Crippen LogP contribution in [0.15, 0.2) is 24.4 Å². The molecule has 0 atom stereocenters. The molecule has 0 radical (unpaired) electrons. The van der Waals surface area contributed by atoms with Gasteiger partial charge in [-0.15, -0.1) is 0 Å². The van der Waals surface area contributed by atoms with Crippen LogP contribution in [0.5, 0.6) is 0 Å². The van der Waals surface area contributed by atoms with Crippen LogP contribution in [-0.4, -0.2) is 21.5 Å². The van der Waals surface area contributed by atoms with Crippen LogP contribution in [0.2, 0.25) is 5.02 Å². The van der Waals surface area contributed by atoms with Crippen molar-refractivity contribution in [3.63, 3.8) is 0 Å². The van der Waals surface area contributed by atoms with Crippen LogP contribution in [0.25, 0.3) is 11.5 Å². The molecule has 2 aromatic heterocycles. The Labute approximate surface area is 124 Å². The van der Waals surface area contributed by atoms with Crippen molar-refractivity contribution in [2.45, 2.75) is 33.1 Å². The van der Waals surface area contributed by atoms with Gasteiger partial charge in [0.1, 0.15) is 11.5 Å². The minimum atomic E-state index is -0.0664. The van der Waals surface area contributed by atoms with Gasteiger partial charge in [-0.1, -0.05) is 32.4 Å². The van der Waals surface area contributed by atoms with Crippen LogP contribution in [0.4, 0.5) is 5.82 Å². The lowest BCUT2D eigenvalue weighted by molar-refractivity contribution is 0.568. The molecule has 0 amide bonds. The third-order valence-electron chi connectivity index (χ3n) is 2.82. The van der Waals surface area contributed by atoms with Crippen LogP contribution < -0.4 is 5.32 Å². The first-order valence-corrected chi connectivity index (χ1v) is 7.04. The lowest BCUT2D eigenvalue weighted by Gasteiger charge is -2.19.